The average molecular weight is 319 g/mol. The normalized spacial score (nSPS) is 13.0. The number of ether oxygens (including phenoxy) is 1. The Bertz CT molecular complexity index is 492. The number of amides is 1. The summed E-state index contributed by atoms with van der Waals surface area (Å²) in [4.78, 5) is 15.6. The second-order valence-corrected chi connectivity index (χ2v) is 5.33. The van der Waals surface area contributed by atoms with E-state index in [4.69, 9.17) is 5.73 Å². The molecule has 0 bridgehead atoms. The van der Waals surface area contributed by atoms with Crippen molar-refractivity contribution in [1.29, 1.82) is 0 Å². The van der Waals surface area contributed by atoms with Crippen LogP contribution in [0.3, 0.4) is 0 Å². The van der Waals surface area contributed by atoms with Crippen LogP contribution in [0.4, 0.5) is 13.2 Å². The minimum absolute atomic E-state index is 0.00561. The lowest BCUT2D eigenvalue weighted by Gasteiger charge is -2.15. The number of nitrogens with one attached hydrogen (secondary N) is 1. The van der Waals surface area contributed by atoms with E-state index < -0.39 is 18.8 Å². The van der Waals surface area contributed by atoms with Crippen LogP contribution < -0.4 is 15.8 Å². The van der Waals surface area contributed by atoms with Crippen LogP contribution in [-0.2, 0) is 11.3 Å². The summed E-state index contributed by atoms with van der Waals surface area (Å²) in [7, 11) is 0. The van der Waals surface area contributed by atoms with Crippen LogP contribution in [0, 0.1) is 5.92 Å². The zero-order valence-electron chi connectivity index (χ0n) is 12.5. The van der Waals surface area contributed by atoms with E-state index in [1.54, 1.807) is 6.07 Å². The summed E-state index contributed by atoms with van der Waals surface area (Å²) in [5.74, 6) is -0.248. The molecule has 22 heavy (non-hydrogen) atoms. The summed E-state index contributed by atoms with van der Waals surface area (Å²) in [6.45, 7) is 2.46. The van der Waals surface area contributed by atoms with Gasteiger partial charge in [-0.15, -0.1) is 0 Å². The fraction of sp³-hybridized carbons (Fsp3) is 0.571. The van der Waals surface area contributed by atoms with Crippen LogP contribution in [0.1, 0.15) is 25.8 Å². The van der Waals surface area contributed by atoms with E-state index in [1.807, 2.05) is 13.8 Å². The van der Waals surface area contributed by atoms with E-state index in [1.165, 1.54) is 12.3 Å². The van der Waals surface area contributed by atoms with Crippen molar-refractivity contribution < 1.29 is 22.7 Å². The van der Waals surface area contributed by atoms with Crippen molar-refractivity contribution in [3.63, 3.8) is 0 Å². The van der Waals surface area contributed by atoms with Gasteiger partial charge in [0.25, 0.3) is 0 Å². The van der Waals surface area contributed by atoms with Crippen molar-refractivity contribution in [3.8, 4) is 5.88 Å². The summed E-state index contributed by atoms with van der Waals surface area (Å²) in [5, 5.41) is 2.58. The molecule has 0 unspecified atom stereocenters. The predicted octanol–water partition coefficient (Wildman–Crippen LogP) is 2.01. The van der Waals surface area contributed by atoms with Gasteiger partial charge in [0.15, 0.2) is 6.61 Å². The Hall–Kier alpha value is -1.83. The number of hydrogen-bond donors (Lipinski definition) is 2. The molecule has 0 aliphatic rings. The maximum absolute atomic E-state index is 12.2. The van der Waals surface area contributed by atoms with Crippen LogP contribution >= 0.6 is 0 Å². The molecule has 1 amide bonds. The monoisotopic (exact) mass is 319 g/mol. The van der Waals surface area contributed by atoms with Gasteiger partial charge < -0.3 is 15.8 Å². The Labute approximate surface area is 127 Å². The predicted molar refractivity (Wildman–Crippen MR) is 75.1 cm³/mol. The highest BCUT2D eigenvalue weighted by atomic mass is 19.4. The molecule has 0 aliphatic carbocycles. The standard InChI is InChI=1S/C14H20F3N3O2/c1-9(2)6-11(18)12(21)20-7-10-4-3-5-19-13(10)22-8-14(15,16)17/h3-5,9,11H,6-8,18H2,1-2H3,(H,20,21)/t11-/m0/s1. The maximum atomic E-state index is 12.2. The molecule has 0 aromatic carbocycles. The Morgan fingerprint density at radius 3 is 2.73 bits per heavy atom. The van der Waals surface area contributed by atoms with Gasteiger partial charge in [0, 0.05) is 18.3 Å². The number of nitrogens with zero attached hydrogens (tertiary/aromatic N) is 1. The van der Waals surface area contributed by atoms with Crippen molar-refractivity contribution >= 4 is 5.91 Å². The van der Waals surface area contributed by atoms with E-state index in [2.05, 4.69) is 15.0 Å². The first-order valence-electron chi connectivity index (χ1n) is 6.85. The number of carbonyl (C=O) groups excluding carboxylic acids is 1. The summed E-state index contributed by atoms with van der Waals surface area (Å²) >= 11 is 0. The van der Waals surface area contributed by atoms with E-state index in [0.29, 0.717) is 12.0 Å². The molecule has 8 heteroatoms. The van der Waals surface area contributed by atoms with Crippen LogP contribution in [0.25, 0.3) is 0 Å². The first kappa shape index (κ1) is 18.2. The molecule has 0 aliphatic heterocycles. The maximum Gasteiger partial charge on any atom is 0.422 e. The van der Waals surface area contributed by atoms with Crippen LogP contribution in [0.15, 0.2) is 18.3 Å². The Kier molecular flexibility index (Phi) is 6.61. The number of carbonyl (C=O) groups is 1. The smallest absolute Gasteiger partial charge is 0.422 e. The van der Waals surface area contributed by atoms with Gasteiger partial charge in [-0.2, -0.15) is 13.2 Å². The summed E-state index contributed by atoms with van der Waals surface area (Å²) in [6.07, 6.45) is -2.60. The van der Waals surface area contributed by atoms with Gasteiger partial charge in [-0.05, 0) is 18.4 Å². The van der Waals surface area contributed by atoms with Crippen LogP contribution in [0.5, 0.6) is 5.88 Å². The molecule has 0 saturated heterocycles. The van der Waals surface area contributed by atoms with Crippen molar-refractivity contribution in [3.05, 3.63) is 23.9 Å². The van der Waals surface area contributed by atoms with Crippen molar-refractivity contribution in [2.75, 3.05) is 6.61 Å². The molecule has 1 aromatic rings. The molecule has 1 aromatic heterocycles. The molecule has 0 radical (unpaired) electrons. The molecule has 5 nitrogen and oxygen atoms in total. The van der Waals surface area contributed by atoms with Crippen LogP contribution in [0.2, 0.25) is 0 Å². The van der Waals surface area contributed by atoms with Gasteiger partial charge in [0.2, 0.25) is 11.8 Å². The Morgan fingerprint density at radius 2 is 2.14 bits per heavy atom. The fourth-order valence-corrected chi connectivity index (χ4v) is 1.77. The molecular formula is C14H20F3N3O2. The SMILES string of the molecule is CC(C)C[C@H](N)C(=O)NCc1cccnc1OCC(F)(F)F. The number of pyridine rings is 1. The van der Waals surface area contributed by atoms with Gasteiger partial charge in [-0.1, -0.05) is 19.9 Å². The summed E-state index contributed by atoms with van der Waals surface area (Å²) in [6, 6.07) is 2.43. The molecule has 1 heterocycles. The highest BCUT2D eigenvalue weighted by molar-refractivity contribution is 5.81. The van der Waals surface area contributed by atoms with Gasteiger partial charge in [-0.3, -0.25) is 4.79 Å². The minimum atomic E-state index is -4.45. The third kappa shape index (κ3) is 6.75. The van der Waals surface area contributed by atoms with Gasteiger partial charge in [-0.25, -0.2) is 4.98 Å². The molecular weight excluding hydrogens is 299 g/mol. The quantitative estimate of drug-likeness (QED) is 0.806. The third-order valence-corrected chi connectivity index (χ3v) is 2.74. The van der Waals surface area contributed by atoms with Crippen molar-refractivity contribution in [2.45, 2.75) is 39.0 Å². The number of hydrogen-bond acceptors (Lipinski definition) is 4. The highest BCUT2D eigenvalue weighted by Crippen LogP contribution is 2.19. The zero-order chi connectivity index (χ0) is 16.8. The average Bonchev–Trinajstić information content (AvgIpc) is 2.41. The van der Waals surface area contributed by atoms with Crippen molar-refractivity contribution in [1.82, 2.24) is 10.3 Å². The molecule has 0 saturated carbocycles. The fourth-order valence-electron chi connectivity index (χ4n) is 1.77. The van der Waals surface area contributed by atoms with Crippen molar-refractivity contribution in [2.24, 2.45) is 11.7 Å². The Balaban J connectivity index is 2.60. The lowest BCUT2D eigenvalue weighted by atomic mass is 10.0. The molecule has 0 spiro atoms. The topological polar surface area (TPSA) is 77.2 Å². The van der Waals surface area contributed by atoms with Crippen LogP contribution in [-0.4, -0.2) is 29.7 Å². The first-order chi connectivity index (χ1) is 10.2. The second-order valence-electron chi connectivity index (χ2n) is 5.33. The molecule has 0 fully saturated rings. The lowest BCUT2D eigenvalue weighted by molar-refractivity contribution is -0.154. The molecule has 124 valence electrons. The second kappa shape index (κ2) is 7.98. The summed E-state index contributed by atoms with van der Waals surface area (Å²) in [5.41, 5.74) is 6.09. The Morgan fingerprint density at radius 1 is 1.45 bits per heavy atom. The van der Waals surface area contributed by atoms with E-state index in [9.17, 15) is 18.0 Å². The first-order valence-corrected chi connectivity index (χ1v) is 6.85. The van der Waals surface area contributed by atoms with E-state index in [0.717, 1.165) is 0 Å². The number of rotatable bonds is 7. The number of alkyl halides is 3. The third-order valence-electron chi connectivity index (χ3n) is 2.74. The van der Waals surface area contributed by atoms with Gasteiger partial charge in [0.1, 0.15) is 0 Å². The van der Waals surface area contributed by atoms with Gasteiger partial charge >= 0.3 is 6.18 Å². The highest BCUT2D eigenvalue weighted by Gasteiger charge is 2.29. The number of halogens is 3. The van der Waals surface area contributed by atoms with E-state index in [-0.39, 0.29) is 24.2 Å². The summed E-state index contributed by atoms with van der Waals surface area (Å²) < 4.78 is 41.2. The number of aromatic nitrogens is 1. The van der Waals surface area contributed by atoms with E-state index >= 15 is 0 Å². The zero-order valence-corrected chi connectivity index (χ0v) is 12.5. The largest absolute Gasteiger partial charge is 0.468 e. The van der Waals surface area contributed by atoms with Gasteiger partial charge in [0.05, 0.1) is 6.04 Å². The molecule has 3 N–H and O–H groups in total. The minimum Gasteiger partial charge on any atom is -0.468 e. The number of nitrogens with two attached hydrogens (primary N) is 1. The molecule has 1 atom stereocenters. The lowest BCUT2D eigenvalue weighted by Crippen LogP contribution is -2.41. The molecule has 1 rings (SSSR count).